The van der Waals surface area contributed by atoms with Crippen molar-refractivity contribution in [2.75, 3.05) is 0 Å². The molecule has 3 nitrogen and oxygen atoms in total. The Balaban J connectivity index is 2.62. The molecule has 4 heteroatoms. The Morgan fingerprint density at radius 3 is 2.24 bits per heavy atom. The fourth-order valence-electron chi connectivity index (χ4n) is 1.89. The summed E-state index contributed by atoms with van der Waals surface area (Å²) in [7, 11) is -3.93. The lowest BCUT2D eigenvalue weighted by Crippen LogP contribution is -2.23. The Hall–Kier alpha value is -0.870. The molecular formula is C13H20O3S. The van der Waals surface area contributed by atoms with Crippen molar-refractivity contribution in [3.05, 3.63) is 35.9 Å². The predicted molar refractivity (Wildman–Crippen MR) is 69.6 cm³/mol. The first-order valence-corrected chi connectivity index (χ1v) is 7.40. The van der Waals surface area contributed by atoms with Crippen molar-refractivity contribution in [1.29, 1.82) is 0 Å². The fraction of sp³-hybridized carbons (Fsp3) is 0.538. The Morgan fingerprint density at radius 1 is 1.18 bits per heavy atom. The summed E-state index contributed by atoms with van der Waals surface area (Å²) in [6.07, 6.45) is 1.66. The second-order valence-electron chi connectivity index (χ2n) is 4.79. The standard InChI is InChI=1S/C13H20O3S/c1-11(2)10-13(17(14,15)16)9-8-12-6-4-3-5-7-12/h3-7,11,13H,8-10H2,1-2H3,(H,14,15,16). The van der Waals surface area contributed by atoms with E-state index in [9.17, 15) is 13.0 Å². The lowest BCUT2D eigenvalue weighted by atomic mass is 10.0. The number of hydrogen-bond donors (Lipinski definition) is 1. The molecular weight excluding hydrogens is 236 g/mol. The van der Waals surface area contributed by atoms with Gasteiger partial charge in [0.05, 0.1) is 5.25 Å². The van der Waals surface area contributed by atoms with Gasteiger partial charge in [-0.2, -0.15) is 8.42 Å². The van der Waals surface area contributed by atoms with E-state index < -0.39 is 15.4 Å². The van der Waals surface area contributed by atoms with Crippen LogP contribution < -0.4 is 0 Å². The van der Waals surface area contributed by atoms with Crippen LogP contribution in [0.3, 0.4) is 0 Å². The molecule has 0 saturated carbocycles. The molecule has 0 saturated heterocycles. The fourth-order valence-corrected chi connectivity index (χ4v) is 2.93. The van der Waals surface area contributed by atoms with Gasteiger partial charge in [-0.25, -0.2) is 0 Å². The van der Waals surface area contributed by atoms with Gasteiger partial charge in [0, 0.05) is 0 Å². The van der Waals surface area contributed by atoms with E-state index >= 15 is 0 Å². The van der Waals surface area contributed by atoms with E-state index in [0.29, 0.717) is 19.3 Å². The monoisotopic (exact) mass is 256 g/mol. The van der Waals surface area contributed by atoms with Crippen LogP contribution in [-0.4, -0.2) is 18.2 Å². The largest absolute Gasteiger partial charge is 0.285 e. The Bertz CT molecular complexity index is 423. The van der Waals surface area contributed by atoms with E-state index in [0.717, 1.165) is 5.56 Å². The van der Waals surface area contributed by atoms with Gasteiger partial charge in [0.1, 0.15) is 0 Å². The summed E-state index contributed by atoms with van der Waals surface area (Å²) in [4.78, 5) is 0. The number of hydrogen-bond acceptors (Lipinski definition) is 2. The molecule has 17 heavy (non-hydrogen) atoms. The van der Waals surface area contributed by atoms with Crippen LogP contribution >= 0.6 is 0 Å². The minimum Gasteiger partial charge on any atom is -0.285 e. The van der Waals surface area contributed by atoms with Crippen molar-refractivity contribution in [2.45, 2.75) is 38.4 Å². The van der Waals surface area contributed by atoms with Crippen LogP contribution in [0.1, 0.15) is 32.3 Å². The summed E-state index contributed by atoms with van der Waals surface area (Å²) in [6.45, 7) is 3.92. The maximum absolute atomic E-state index is 11.2. The molecule has 0 spiro atoms. The molecule has 0 amide bonds. The molecule has 1 atom stereocenters. The van der Waals surface area contributed by atoms with Gasteiger partial charge in [0.25, 0.3) is 10.1 Å². The van der Waals surface area contributed by atoms with Crippen LogP contribution in [0.4, 0.5) is 0 Å². The highest BCUT2D eigenvalue weighted by atomic mass is 32.2. The van der Waals surface area contributed by atoms with Crippen LogP contribution in [0.2, 0.25) is 0 Å². The van der Waals surface area contributed by atoms with Crippen LogP contribution in [-0.2, 0) is 16.5 Å². The molecule has 0 aliphatic carbocycles. The maximum atomic E-state index is 11.2. The summed E-state index contributed by atoms with van der Waals surface area (Å²) < 4.78 is 31.7. The molecule has 0 bridgehead atoms. The molecule has 0 aliphatic heterocycles. The molecule has 0 aromatic heterocycles. The van der Waals surface area contributed by atoms with Crippen LogP contribution in [0.5, 0.6) is 0 Å². The van der Waals surface area contributed by atoms with Gasteiger partial charge in [0.15, 0.2) is 0 Å². The Labute approximate surface area is 104 Å². The van der Waals surface area contributed by atoms with Gasteiger partial charge < -0.3 is 0 Å². The number of benzene rings is 1. The minimum absolute atomic E-state index is 0.262. The summed E-state index contributed by atoms with van der Waals surface area (Å²) in [5.41, 5.74) is 1.10. The lowest BCUT2D eigenvalue weighted by molar-refractivity contribution is 0.437. The zero-order chi connectivity index (χ0) is 12.9. The number of rotatable bonds is 6. The molecule has 1 aromatic rings. The highest BCUT2D eigenvalue weighted by molar-refractivity contribution is 7.86. The quantitative estimate of drug-likeness (QED) is 0.796. The molecule has 0 heterocycles. The van der Waals surface area contributed by atoms with Gasteiger partial charge >= 0.3 is 0 Å². The first-order valence-electron chi connectivity index (χ1n) is 5.90. The van der Waals surface area contributed by atoms with Gasteiger partial charge in [-0.1, -0.05) is 44.2 Å². The molecule has 1 aromatic carbocycles. The normalized spacial score (nSPS) is 13.9. The molecule has 1 unspecified atom stereocenters. The Kier molecular flexibility index (Phi) is 5.15. The van der Waals surface area contributed by atoms with E-state index in [-0.39, 0.29) is 5.92 Å². The predicted octanol–water partition coefficient (Wildman–Crippen LogP) is 2.92. The second-order valence-corrected chi connectivity index (χ2v) is 6.49. The third-order valence-electron chi connectivity index (χ3n) is 2.75. The molecule has 96 valence electrons. The average Bonchev–Trinajstić information content (AvgIpc) is 2.23. The highest BCUT2D eigenvalue weighted by Crippen LogP contribution is 2.18. The van der Waals surface area contributed by atoms with Crippen molar-refractivity contribution in [2.24, 2.45) is 5.92 Å². The molecule has 1 rings (SSSR count). The van der Waals surface area contributed by atoms with Gasteiger partial charge in [-0.05, 0) is 30.7 Å². The van der Waals surface area contributed by atoms with Crippen molar-refractivity contribution in [3.63, 3.8) is 0 Å². The molecule has 1 N–H and O–H groups in total. The zero-order valence-electron chi connectivity index (χ0n) is 10.3. The zero-order valence-corrected chi connectivity index (χ0v) is 11.2. The summed E-state index contributed by atoms with van der Waals surface area (Å²) >= 11 is 0. The van der Waals surface area contributed by atoms with E-state index in [2.05, 4.69) is 0 Å². The molecule has 0 radical (unpaired) electrons. The minimum atomic E-state index is -3.93. The number of aryl methyl sites for hydroxylation is 1. The first-order chi connectivity index (χ1) is 7.89. The van der Waals surface area contributed by atoms with E-state index in [4.69, 9.17) is 0 Å². The molecule has 0 fully saturated rings. The van der Waals surface area contributed by atoms with Gasteiger partial charge in [-0.3, -0.25) is 4.55 Å². The van der Waals surface area contributed by atoms with Crippen molar-refractivity contribution in [3.8, 4) is 0 Å². The van der Waals surface area contributed by atoms with E-state index in [1.54, 1.807) is 0 Å². The SMILES string of the molecule is CC(C)CC(CCc1ccccc1)S(=O)(=O)O. The van der Waals surface area contributed by atoms with E-state index in [1.807, 2.05) is 44.2 Å². The Morgan fingerprint density at radius 2 is 1.76 bits per heavy atom. The first kappa shape index (κ1) is 14.2. The second kappa shape index (κ2) is 6.17. The summed E-state index contributed by atoms with van der Waals surface area (Å²) in [5.74, 6) is 0.262. The van der Waals surface area contributed by atoms with Crippen LogP contribution in [0.25, 0.3) is 0 Å². The topological polar surface area (TPSA) is 54.4 Å². The van der Waals surface area contributed by atoms with Gasteiger partial charge in [-0.15, -0.1) is 0 Å². The van der Waals surface area contributed by atoms with Crippen LogP contribution in [0, 0.1) is 5.92 Å². The lowest BCUT2D eigenvalue weighted by Gasteiger charge is -2.15. The van der Waals surface area contributed by atoms with Crippen molar-refractivity contribution in [1.82, 2.24) is 0 Å². The van der Waals surface area contributed by atoms with Gasteiger partial charge in [0.2, 0.25) is 0 Å². The third-order valence-corrected chi connectivity index (χ3v) is 4.02. The summed E-state index contributed by atoms with van der Waals surface area (Å²) in [6, 6.07) is 9.73. The van der Waals surface area contributed by atoms with Crippen molar-refractivity contribution >= 4 is 10.1 Å². The third kappa shape index (κ3) is 5.33. The van der Waals surface area contributed by atoms with Crippen LogP contribution in [0.15, 0.2) is 30.3 Å². The smallest absolute Gasteiger partial charge is 0.267 e. The molecule has 0 aliphatic rings. The van der Waals surface area contributed by atoms with Crippen molar-refractivity contribution < 1.29 is 13.0 Å². The average molecular weight is 256 g/mol. The summed E-state index contributed by atoms with van der Waals surface area (Å²) in [5, 5.41) is -0.650. The highest BCUT2D eigenvalue weighted by Gasteiger charge is 2.23. The van der Waals surface area contributed by atoms with E-state index in [1.165, 1.54) is 0 Å². The maximum Gasteiger partial charge on any atom is 0.267 e.